The van der Waals surface area contributed by atoms with Crippen molar-refractivity contribution in [1.29, 1.82) is 0 Å². The Morgan fingerprint density at radius 2 is 1.57 bits per heavy atom. The molecule has 0 saturated heterocycles. The minimum Gasteiger partial charge on any atom is -0.480 e. The smallest absolute Gasteiger partial charge is 0.338 e. The van der Waals surface area contributed by atoms with Crippen molar-refractivity contribution in [3.8, 4) is 0 Å². The van der Waals surface area contributed by atoms with E-state index in [9.17, 15) is 23.9 Å². The van der Waals surface area contributed by atoms with Crippen LogP contribution in [0.4, 0.5) is 4.39 Å². The maximum atomic E-state index is 13.9. The molecule has 2 N–H and O–H groups in total. The van der Waals surface area contributed by atoms with Gasteiger partial charge in [-0.05, 0) is 140 Å². The molecule has 0 bridgehead atoms. The third-order valence-corrected chi connectivity index (χ3v) is 15.5. The number of benzene rings is 1. The van der Waals surface area contributed by atoms with E-state index in [1.54, 1.807) is 0 Å². The van der Waals surface area contributed by atoms with Crippen molar-refractivity contribution < 1.29 is 28.6 Å². The van der Waals surface area contributed by atoms with E-state index in [2.05, 4.69) is 53.8 Å². The number of rotatable bonds is 6. The molecule has 10 atom stereocenters. The number of carbonyl (C=O) groups excluding carboxylic acids is 2. The Labute approximate surface area is 275 Å². The molecular weight excluding hydrogens is 581 g/mol. The van der Waals surface area contributed by atoms with Crippen LogP contribution in [0, 0.1) is 68.4 Å². The molecule has 6 nitrogen and oxygen atoms in total. The first-order valence-corrected chi connectivity index (χ1v) is 18.0. The standard InChI is InChI=1S/C39H56FNO5/c1-23(2)26-14-19-39(34(45)41-22-31(42)43)21-20-37(6)27(32(26)39)12-13-29-36(5)17-16-30(35(3,4)28(36)15-18-38(29,37)7)46-33(44)24-8-10-25(40)11-9-24/h8-11,23,26-30,32H,12-22H2,1-7H3,(H,41,45)(H,42,43)/t26-,27+,28-,29+,30+,32+,36-,37+,38+,39-/m0/s1. The Kier molecular flexibility index (Phi) is 8.24. The number of esters is 1. The van der Waals surface area contributed by atoms with Gasteiger partial charge in [0.1, 0.15) is 18.5 Å². The molecule has 0 heterocycles. The lowest BCUT2D eigenvalue weighted by Gasteiger charge is -2.73. The SMILES string of the molecule is CC(C)[C@@H]1CC[C@]2(C(=O)NCC(=O)O)CC[C@]3(C)[C@H](CC[C@@H]4[C@@]5(C)CC[C@@H](OC(=O)c6ccc(F)cc6)C(C)(C)[C@@H]5CC[C@]43C)[C@@H]12. The van der Waals surface area contributed by atoms with Gasteiger partial charge in [0, 0.05) is 5.41 Å². The molecule has 5 saturated carbocycles. The van der Waals surface area contributed by atoms with Gasteiger partial charge in [0.15, 0.2) is 0 Å². The molecule has 1 aromatic rings. The van der Waals surface area contributed by atoms with Crippen LogP contribution in [0.25, 0.3) is 0 Å². The van der Waals surface area contributed by atoms with Gasteiger partial charge in [0.2, 0.25) is 5.91 Å². The van der Waals surface area contributed by atoms with Gasteiger partial charge in [-0.25, -0.2) is 9.18 Å². The van der Waals surface area contributed by atoms with Crippen LogP contribution >= 0.6 is 0 Å². The second kappa shape index (κ2) is 11.3. The summed E-state index contributed by atoms with van der Waals surface area (Å²) in [5.74, 6) is 0.880. The van der Waals surface area contributed by atoms with Gasteiger partial charge in [-0.2, -0.15) is 0 Å². The number of carboxylic acid groups (broad SMARTS) is 1. The predicted octanol–water partition coefficient (Wildman–Crippen LogP) is 8.29. The van der Waals surface area contributed by atoms with Crippen molar-refractivity contribution in [3.05, 3.63) is 35.6 Å². The molecule has 254 valence electrons. The number of carboxylic acids is 1. The summed E-state index contributed by atoms with van der Waals surface area (Å²) in [6.45, 7) is 16.6. The summed E-state index contributed by atoms with van der Waals surface area (Å²) in [7, 11) is 0. The van der Waals surface area contributed by atoms with Crippen molar-refractivity contribution in [2.75, 3.05) is 6.54 Å². The molecule has 46 heavy (non-hydrogen) atoms. The molecule has 6 rings (SSSR count). The summed E-state index contributed by atoms with van der Waals surface area (Å²) < 4.78 is 19.7. The zero-order chi connectivity index (χ0) is 33.4. The highest BCUT2D eigenvalue weighted by Crippen LogP contribution is 2.77. The molecule has 1 aromatic carbocycles. The number of nitrogens with one attached hydrogen (secondary N) is 1. The van der Waals surface area contributed by atoms with E-state index in [4.69, 9.17) is 4.74 Å². The van der Waals surface area contributed by atoms with E-state index in [0.29, 0.717) is 35.2 Å². The van der Waals surface area contributed by atoms with E-state index in [1.165, 1.54) is 24.3 Å². The average Bonchev–Trinajstić information content (AvgIpc) is 3.39. The molecule has 5 aliphatic rings. The summed E-state index contributed by atoms with van der Waals surface area (Å²) >= 11 is 0. The molecule has 0 aliphatic heterocycles. The fraction of sp³-hybridized carbons (Fsp3) is 0.769. The van der Waals surface area contributed by atoms with Crippen LogP contribution in [0.5, 0.6) is 0 Å². The molecule has 5 aliphatic carbocycles. The summed E-state index contributed by atoms with van der Waals surface area (Å²) in [4.78, 5) is 38.5. The van der Waals surface area contributed by atoms with Gasteiger partial charge < -0.3 is 15.2 Å². The molecule has 7 heteroatoms. The number of fused-ring (bicyclic) bond motifs is 7. The number of halogens is 1. The van der Waals surface area contributed by atoms with Crippen molar-refractivity contribution in [2.24, 2.45) is 62.6 Å². The van der Waals surface area contributed by atoms with Crippen LogP contribution in [0.15, 0.2) is 24.3 Å². The lowest BCUT2D eigenvalue weighted by Crippen LogP contribution is -2.67. The topological polar surface area (TPSA) is 92.7 Å². The van der Waals surface area contributed by atoms with Crippen LogP contribution in [0.3, 0.4) is 0 Å². The van der Waals surface area contributed by atoms with Crippen LogP contribution < -0.4 is 5.32 Å². The maximum absolute atomic E-state index is 13.9. The van der Waals surface area contributed by atoms with E-state index >= 15 is 0 Å². The normalized spacial score (nSPS) is 42.6. The monoisotopic (exact) mass is 637 g/mol. The lowest BCUT2D eigenvalue weighted by atomic mass is 9.32. The number of hydrogen-bond acceptors (Lipinski definition) is 4. The minimum atomic E-state index is -0.985. The van der Waals surface area contributed by atoms with Gasteiger partial charge in [-0.3, -0.25) is 9.59 Å². The Bertz CT molecular complexity index is 1370. The van der Waals surface area contributed by atoms with Gasteiger partial charge >= 0.3 is 11.9 Å². The molecule has 0 radical (unpaired) electrons. The highest BCUT2D eigenvalue weighted by Gasteiger charge is 2.72. The number of carbonyl (C=O) groups is 3. The van der Waals surface area contributed by atoms with Crippen molar-refractivity contribution in [3.63, 3.8) is 0 Å². The molecule has 0 spiro atoms. The second-order valence-electron chi connectivity index (χ2n) is 17.6. The second-order valence-corrected chi connectivity index (χ2v) is 17.6. The van der Waals surface area contributed by atoms with Crippen LogP contribution in [0.2, 0.25) is 0 Å². The van der Waals surface area contributed by atoms with E-state index < -0.39 is 11.4 Å². The molecule has 5 fully saturated rings. The fourth-order valence-corrected chi connectivity index (χ4v) is 13.1. The number of hydrogen-bond donors (Lipinski definition) is 2. The summed E-state index contributed by atoms with van der Waals surface area (Å²) in [6.07, 6.45) is 9.89. The number of aliphatic carboxylic acids is 1. The van der Waals surface area contributed by atoms with E-state index in [0.717, 1.165) is 64.2 Å². The minimum absolute atomic E-state index is 0.0247. The Balaban J connectivity index is 1.28. The number of ether oxygens (including phenoxy) is 1. The van der Waals surface area contributed by atoms with Crippen LogP contribution in [-0.2, 0) is 14.3 Å². The first kappa shape index (κ1) is 33.5. The van der Waals surface area contributed by atoms with Gasteiger partial charge in [0.25, 0.3) is 0 Å². The fourth-order valence-electron chi connectivity index (χ4n) is 13.1. The largest absolute Gasteiger partial charge is 0.480 e. The number of amides is 1. The predicted molar refractivity (Wildman–Crippen MR) is 175 cm³/mol. The summed E-state index contributed by atoms with van der Waals surface area (Å²) in [5.41, 5.74) is 0.0721. The van der Waals surface area contributed by atoms with E-state index in [-0.39, 0.29) is 57.9 Å². The Hall–Kier alpha value is -2.44. The van der Waals surface area contributed by atoms with Gasteiger partial charge in [-0.15, -0.1) is 0 Å². The highest BCUT2D eigenvalue weighted by molar-refractivity contribution is 5.89. The first-order chi connectivity index (χ1) is 21.5. The zero-order valence-corrected chi connectivity index (χ0v) is 29.1. The van der Waals surface area contributed by atoms with Crippen LogP contribution in [0.1, 0.15) is 123 Å². The van der Waals surface area contributed by atoms with Crippen molar-refractivity contribution in [1.82, 2.24) is 5.32 Å². The zero-order valence-electron chi connectivity index (χ0n) is 29.1. The Morgan fingerprint density at radius 3 is 2.22 bits per heavy atom. The molecule has 0 unspecified atom stereocenters. The first-order valence-electron chi connectivity index (χ1n) is 18.0. The highest BCUT2D eigenvalue weighted by atomic mass is 19.1. The lowest BCUT2D eigenvalue weighted by molar-refractivity contribution is -0.247. The summed E-state index contributed by atoms with van der Waals surface area (Å²) in [5, 5.41) is 12.2. The van der Waals surface area contributed by atoms with Crippen LogP contribution in [-0.4, -0.2) is 35.6 Å². The quantitative estimate of drug-likeness (QED) is 0.306. The van der Waals surface area contributed by atoms with Crippen molar-refractivity contribution in [2.45, 2.75) is 119 Å². The maximum Gasteiger partial charge on any atom is 0.338 e. The third-order valence-electron chi connectivity index (χ3n) is 15.5. The molecular formula is C39H56FNO5. The molecule has 0 aromatic heterocycles. The van der Waals surface area contributed by atoms with Gasteiger partial charge in [-0.1, -0.05) is 48.5 Å². The van der Waals surface area contributed by atoms with Gasteiger partial charge in [0.05, 0.1) is 11.0 Å². The molecule has 1 amide bonds. The third kappa shape index (κ3) is 4.78. The van der Waals surface area contributed by atoms with Crippen molar-refractivity contribution >= 4 is 17.8 Å². The summed E-state index contributed by atoms with van der Waals surface area (Å²) in [6, 6.07) is 5.63. The van der Waals surface area contributed by atoms with E-state index in [1.807, 2.05) is 0 Å². The average molecular weight is 638 g/mol. The Morgan fingerprint density at radius 1 is 0.870 bits per heavy atom.